The van der Waals surface area contributed by atoms with Gasteiger partial charge in [-0.05, 0) is 60.4 Å². The Morgan fingerprint density at radius 1 is 1.18 bits per heavy atom. The summed E-state index contributed by atoms with van der Waals surface area (Å²) in [6.45, 7) is 1.87. The van der Waals surface area contributed by atoms with Crippen LogP contribution in [0.1, 0.15) is 40.4 Å². The first-order valence-electron chi connectivity index (χ1n) is 10.8. The third kappa shape index (κ3) is 5.01. The number of nitrogens with one attached hydrogen (secondary N) is 2. The number of nitrogens with zero attached hydrogens (tertiary/aromatic N) is 5. The van der Waals surface area contributed by atoms with Gasteiger partial charge in [0.25, 0.3) is 5.91 Å². The van der Waals surface area contributed by atoms with Gasteiger partial charge in [0.15, 0.2) is 0 Å². The van der Waals surface area contributed by atoms with Crippen LogP contribution < -0.4 is 16.4 Å². The van der Waals surface area contributed by atoms with Gasteiger partial charge in [-0.1, -0.05) is 0 Å². The van der Waals surface area contributed by atoms with E-state index in [1.165, 1.54) is 18.4 Å². The van der Waals surface area contributed by atoms with Crippen LogP contribution in [0, 0.1) is 6.92 Å². The van der Waals surface area contributed by atoms with Crippen molar-refractivity contribution in [3.63, 3.8) is 0 Å². The van der Waals surface area contributed by atoms with Gasteiger partial charge >= 0.3 is 0 Å². The molecule has 1 aliphatic carbocycles. The predicted molar refractivity (Wildman–Crippen MR) is 130 cm³/mol. The van der Waals surface area contributed by atoms with E-state index in [4.69, 9.17) is 5.73 Å². The van der Waals surface area contributed by atoms with Gasteiger partial charge in [0.05, 0.1) is 11.9 Å². The summed E-state index contributed by atoms with van der Waals surface area (Å²) in [5.41, 5.74) is 10.0. The summed E-state index contributed by atoms with van der Waals surface area (Å²) >= 11 is 0. The molecule has 0 unspecified atom stereocenters. The number of hydrogen-bond acceptors (Lipinski definition) is 7. The van der Waals surface area contributed by atoms with Gasteiger partial charge in [-0.25, -0.2) is 9.97 Å². The lowest BCUT2D eigenvalue weighted by Gasteiger charge is -2.10. The van der Waals surface area contributed by atoms with Crippen molar-refractivity contribution in [1.29, 1.82) is 0 Å². The number of aryl methyl sites for hydroxylation is 2. The molecule has 34 heavy (non-hydrogen) atoms. The first-order valence-corrected chi connectivity index (χ1v) is 10.8. The van der Waals surface area contributed by atoms with Crippen LogP contribution in [0.5, 0.6) is 0 Å². The van der Waals surface area contributed by atoms with Gasteiger partial charge in [-0.2, -0.15) is 5.10 Å². The molecular weight excluding hydrogens is 432 g/mol. The fourth-order valence-corrected chi connectivity index (χ4v) is 3.60. The second-order valence-electron chi connectivity index (χ2n) is 8.13. The first-order chi connectivity index (χ1) is 16.4. The largest absolute Gasteiger partial charge is 0.383 e. The van der Waals surface area contributed by atoms with Crippen LogP contribution in [0.3, 0.4) is 0 Å². The first kappa shape index (κ1) is 22.8. The summed E-state index contributed by atoms with van der Waals surface area (Å²) in [6.07, 6.45) is 10.5. The summed E-state index contributed by atoms with van der Waals surface area (Å²) < 4.78 is 1.87. The Labute approximate surface area is 196 Å². The Bertz CT molecular complexity index is 1360. The second kappa shape index (κ2) is 9.65. The Kier molecular flexibility index (Phi) is 6.48. The number of pyridine rings is 3. The molecule has 0 radical (unpaired) electrons. The quantitative estimate of drug-likeness (QED) is 0.391. The minimum atomic E-state index is -0.253. The van der Waals surface area contributed by atoms with Crippen LogP contribution in [0.2, 0.25) is 0 Å². The zero-order chi connectivity index (χ0) is 24.2. The second-order valence-corrected chi connectivity index (χ2v) is 8.13. The zero-order valence-electron chi connectivity index (χ0n) is 19.2. The molecule has 5 rings (SSSR count). The predicted octanol–water partition coefficient (Wildman–Crippen LogP) is 2.81. The monoisotopic (exact) mass is 458 g/mol. The van der Waals surface area contributed by atoms with Crippen LogP contribution in [0.15, 0.2) is 43.0 Å². The molecule has 10 nitrogen and oxygen atoms in total. The number of anilines is 2. The molecule has 4 aromatic rings. The molecule has 1 fully saturated rings. The average molecular weight is 459 g/mol. The van der Waals surface area contributed by atoms with Gasteiger partial charge in [0.1, 0.15) is 17.3 Å². The maximum Gasteiger partial charge on any atom is 0.269 e. The number of carbonyl (C=O) groups is 2. The smallest absolute Gasteiger partial charge is 0.269 e. The summed E-state index contributed by atoms with van der Waals surface area (Å²) in [7, 11) is 3.52. The Hall–Kier alpha value is -4.34. The number of fused-ring (bicyclic) bond motifs is 1. The molecule has 4 heterocycles. The number of aromatic nitrogens is 5. The molecule has 0 aliphatic heterocycles. The summed E-state index contributed by atoms with van der Waals surface area (Å²) in [6, 6.07) is 5.25. The fraction of sp³-hybridized carbons (Fsp3) is 0.250. The number of amides is 2. The molecule has 4 N–H and O–H groups in total. The molecule has 0 saturated heterocycles. The third-order valence-electron chi connectivity index (χ3n) is 5.57. The number of nitrogen functional groups attached to an aromatic ring is 1. The molecule has 1 aliphatic rings. The molecule has 1 saturated carbocycles. The van der Waals surface area contributed by atoms with E-state index < -0.39 is 0 Å². The molecule has 0 bridgehead atoms. The standard InChI is InChI=1S/C17H16N6O2.C7H10N2/c1-9-3-14(17(25)19-2)20-6-11(9)13-4-10-5-15(22-8-24)21-7-12(10)16(18)23-13;1-9-5-7(4-8-9)6-2-3-6/h3-8H,1-2H3,(H2,18,23)(H,19,25)(H,21,22,24);4-6H,2-3H2,1H3. The van der Waals surface area contributed by atoms with E-state index in [9.17, 15) is 9.59 Å². The number of nitrogens with two attached hydrogens (primary N) is 1. The molecule has 2 amide bonds. The van der Waals surface area contributed by atoms with Crippen LogP contribution in [-0.2, 0) is 11.8 Å². The Morgan fingerprint density at radius 2 is 1.97 bits per heavy atom. The maximum atomic E-state index is 11.7. The van der Waals surface area contributed by atoms with E-state index in [0.717, 1.165) is 22.4 Å². The highest BCUT2D eigenvalue weighted by molar-refractivity contribution is 5.96. The lowest BCUT2D eigenvalue weighted by atomic mass is 10.0. The lowest BCUT2D eigenvalue weighted by molar-refractivity contribution is -0.105. The molecule has 10 heteroatoms. The normalized spacial score (nSPS) is 12.6. The Balaban J connectivity index is 0.000000252. The van der Waals surface area contributed by atoms with Crippen molar-refractivity contribution in [2.75, 3.05) is 18.1 Å². The van der Waals surface area contributed by atoms with E-state index in [1.807, 2.05) is 30.9 Å². The topological polar surface area (TPSA) is 141 Å². The van der Waals surface area contributed by atoms with E-state index in [0.29, 0.717) is 34.8 Å². The SMILES string of the molecule is CNC(=O)c1cc(C)c(-c2cc3cc(NC=O)ncc3c(N)n2)cn1.Cn1cc(C2CC2)cn1. The van der Waals surface area contributed by atoms with Crippen molar-refractivity contribution in [3.05, 3.63) is 59.8 Å². The minimum absolute atomic E-state index is 0.253. The molecule has 0 atom stereocenters. The van der Waals surface area contributed by atoms with Gasteiger partial charge in [0.2, 0.25) is 6.41 Å². The van der Waals surface area contributed by atoms with E-state index in [-0.39, 0.29) is 5.91 Å². The van der Waals surface area contributed by atoms with Crippen LogP contribution in [0.4, 0.5) is 11.6 Å². The van der Waals surface area contributed by atoms with Crippen LogP contribution in [0.25, 0.3) is 22.0 Å². The van der Waals surface area contributed by atoms with Crippen molar-refractivity contribution in [2.24, 2.45) is 7.05 Å². The number of hydrogen-bond donors (Lipinski definition) is 3. The number of rotatable bonds is 5. The summed E-state index contributed by atoms with van der Waals surface area (Å²) in [4.78, 5) is 35.0. The highest BCUT2D eigenvalue weighted by atomic mass is 16.1. The molecular formula is C24H26N8O2. The van der Waals surface area contributed by atoms with Gasteiger partial charge in [-0.3, -0.25) is 19.3 Å². The van der Waals surface area contributed by atoms with Crippen molar-refractivity contribution in [3.8, 4) is 11.3 Å². The van der Waals surface area contributed by atoms with Crippen molar-refractivity contribution >= 4 is 34.7 Å². The van der Waals surface area contributed by atoms with E-state index >= 15 is 0 Å². The van der Waals surface area contributed by atoms with Gasteiger partial charge in [-0.15, -0.1) is 0 Å². The van der Waals surface area contributed by atoms with E-state index in [1.54, 1.807) is 31.6 Å². The minimum Gasteiger partial charge on any atom is -0.383 e. The van der Waals surface area contributed by atoms with Gasteiger partial charge < -0.3 is 16.4 Å². The fourth-order valence-electron chi connectivity index (χ4n) is 3.60. The van der Waals surface area contributed by atoms with Crippen LogP contribution in [-0.4, -0.2) is 44.1 Å². The highest BCUT2D eigenvalue weighted by Gasteiger charge is 2.24. The van der Waals surface area contributed by atoms with E-state index in [2.05, 4.69) is 36.9 Å². The molecule has 4 aromatic heterocycles. The summed E-state index contributed by atoms with van der Waals surface area (Å²) in [5.74, 6) is 1.34. The number of carbonyl (C=O) groups excluding carboxylic acids is 2. The summed E-state index contributed by atoms with van der Waals surface area (Å²) in [5, 5.41) is 10.6. The van der Waals surface area contributed by atoms with Crippen molar-refractivity contribution in [2.45, 2.75) is 25.7 Å². The third-order valence-corrected chi connectivity index (χ3v) is 5.57. The van der Waals surface area contributed by atoms with Crippen molar-refractivity contribution < 1.29 is 9.59 Å². The van der Waals surface area contributed by atoms with Crippen LogP contribution >= 0.6 is 0 Å². The molecule has 174 valence electrons. The highest BCUT2D eigenvalue weighted by Crippen LogP contribution is 2.39. The average Bonchev–Trinajstić information content (AvgIpc) is 3.59. The molecule has 0 spiro atoms. The Morgan fingerprint density at radius 3 is 2.59 bits per heavy atom. The van der Waals surface area contributed by atoms with Crippen molar-refractivity contribution in [1.82, 2.24) is 30.0 Å². The lowest BCUT2D eigenvalue weighted by Crippen LogP contribution is -2.19. The van der Waals surface area contributed by atoms with Gasteiger partial charge in [0, 0.05) is 43.6 Å². The maximum absolute atomic E-state index is 11.7. The zero-order valence-corrected chi connectivity index (χ0v) is 19.2. The molecule has 0 aromatic carbocycles.